The Morgan fingerprint density at radius 2 is 1.87 bits per heavy atom. The number of nitrogens with zero attached hydrogens (tertiary/aromatic N) is 1. The third-order valence-corrected chi connectivity index (χ3v) is 4.51. The Morgan fingerprint density at radius 3 is 2.65 bits per heavy atom. The summed E-state index contributed by atoms with van der Waals surface area (Å²) in [6, 6.07) is 12.4. The predicted molar refractivity (Wildman–Crippen MR) is 91.3 cm³/mol. The summed E-state index contributed by atoms with van der Waals surface area (Å²) in [6.07, 6.45) is 0.836. The molecular weight excluding hydrogens is 335 g/mol. The van der Waals surface area contributed by atoms with Crippen LogP contribution in [0.15, 0.2) is 42.5 Å². The van der Waals surface area contributed by atoms with Crippen molar-refractivity contribution in [3.8, 4) is 0 Å². The van der Waals surface area contributed by atoms with Gasteiger partial charge < -0.3 is 10.2 Å². The molecule has 0 spiro atoms. The van der Waals surface area contributed by atoms with Gasteiger partial charge in [-0.2, -0.15) is 0 Å². The number of carbonyl (C=O) groups excluding carboxylic acids is 2. The van der Waals surface area contributed by atoms with Crippen molar-refractivity contribution in [3.05, 3.63) is 63.6 Å². The third-order valence-electron chi connectivity index (χ3n) is 3.77. The maximum absolute atomic E-state index is 12.3. The molecule has 0 aliphatic carbocycles. The maximum atomic E-state index is 12.3. The summed E-state index contributed by atoms with van der Waals surface area (Å²) in [6.45, 7) is 0.578. The second kappa shape index (κ2) is 6.60. The van der Waals surface area contributed by atoms with Gasteiger partial charge in [-0.05, 0) is 36.2 Å². The molecule has 1 aliphatic heterocycles. The van der Waals surface area contributed by atoms with Crippen LogP contribution < -0.4 is 10.2 Å². The lowest BCUT2D eigenvalue weighted by atomic mass is 10.2. The predicted octanol–water partition coefficient (Wildman–Crippen LogP) is 3.31. The molecule has 118 valence electrons. The molecule has 0 fully saturated rings. The van der Waals surface area contributed by atoms with E-state index in [-0.39, 0.29) is 18.4 Å². The van der Waals surface area contributed by atoms with Crippen molar-refractivity contribution in [2.45, 2.75) is 6.42 Å². The van der Waals surface area contributed by atoms with E-state index in [1.165, 1.54) is 6.07 Å². The zero-order valence-electron chi connectivity index (χ0n) is 12.2. The van der Waals surface area contributed by atoms with Crippen LogP contribution in [0.3, 0.4) is 0 Å². The molecule has 2 aromatic carbocycles. The quantitative estimate of drug-likeness (QED) is 0.924. The SMILES string of the molecule is O=C(NCC(=O)N1CCc2ccccc21)c1ccc(Cl)c(Cl)c1. The van der Waals surface area contributed by atoms with Gasteiger partial charge in [-0.25, -0.2) is 0 Å². The monoisotopic (exact) mass is 348 g/mol. The van der Waals surface area contributed by atoms with Crippen LogP contribution in [-0.2, 0) is 11.2 Å². The van der Waals surface area contributed by atoms with Crippen molar-refractivity contribution in [3.63, 3.8) is 0 Å². The minimum absolute atomic E-state index is 0.0621. The van der Waals surface area contributed by atoms with Crippen molar-refractivity contribution < 1.29 is 9.59 Å². The van der Waals surface area contributed by atoms with Gasteiger partial charge in [0.05, 0.1) is 16.6 Å². The fourth-order valence-corrected chi connectivity index (χ4v) is 2.89. The van der Waals surface area contributed by atoms with E-state index in [0.717, 1.165) is 17.7 Å². The first-order valence-electron chi connectivity index (χ1n) is 7.18. The lowest BCUT2D eigenvalue weighted by Crippen LogP contribution is -2.39. The molecular formula is C17H14Cl2N2O2. The molecule has 2 amide bonds. The number of hydrogen-bond acceptors (Lipinski definition) is 2. The van der Waals surface area contributed by atoms with Crippen LogP contribution in [0.25, 0.3) is 0 Å². The largest absolute Gasteiger partial charge is 0.343 e. The second-order valence-corrected chi connectivity index (χ2v) is 6.05. The van der Waals surface area contributed by atoms with E-state index in [1.54, 1.807) is 17.0 Å². The molecule has 4 nitrogen and oxygen atoms in total. The third kappa shape index (κ3) is 3.33. The first kappa shape index (κ1) is 15.8. The van der Waals surface area contributed by atoms with Crippen LogP contribution in [0, 0.1) is 0 Å². The number of rotatable bonds is 3. The molecule has 0 saturated carbocycles. The van der Waals surface area contributed by atoms with Gasteiger partial charge in [0.1, 0.15) is 0 Å². The Bertz CT molecular complexity index is 777. The second-order valence-electron chi connectivity index (χ2n) is 5.24. The fraction of sp³-hybridized carbons (Fsp3) is 0.176. The first-order valence-corrected chi connectivity index (χ1v) is 7.93. The minimum atomic E-state index is -0.357. The van der Waals surface area contributed by atoms with Crippen molar-refractivity contribution in [1.82, 2.24) is 5.32 Å². The van der Waals surface area contributed by atoms with Crippen LogP contribution in [0.2, 0.25) is 10.0 Å². The van der Waals surface area contributed by atoms with Crippen molar-refractivity contribution >= 4 is 40.7 Å². The van der Waals surface area contributed by atoms with Gasteiger partial charge in [0, 0.05) is 17.8 Å². The normalized spacial score (nSPS) is 12.9. The van der Waals surface area contributed by atoms with E-state index in [9.17, 15) is 9.59 Å². The van der Waals surface area contributed by atoms with Gasteiger partial charge in [0.25, 0.3) is 5.91 Å². The van der Waals surface area contributed by atoms with Crippen molar-refractivity contribution in [1.29, 1.82) is 0 Å². The zero-order valence-corrected chi connectivity index (χ0v) is 13.7. The summed E-state index contributed by atoms with van der Waals surface area (Å²) in [4.78, 5) is 26.1. The number of nitrogens with one attached hydrogen (secondary N) is 1. The van der Waals surface area contributed by atoms with E-state index in [2.05, 4.69) is 5.32 Å². The standard InChI is InChI=1S/C17H14Cl2N2O2/c18-13-6-5-12(9-14(13)19)17(23)20-10-16(22)21-8-7-11-3-1-2-4-15(11)21/h1-6,9H,7-8,10H2,(H,20,23). The number of halogens is 2. The van der Waals surface area contributed by atoms with E-state index < -0.39 is 0 Å². The molecule has 0 saturated heterocycles. The summed E-state index contributed by atoms with van der Waals surface area (Å²) in [7, 11) is 0. The summed E-state index contributed by atoms with van der Waals surface area (Å²) in [5.41, 5.74) is 2.44. The highest BCUT2D eigenvalue weighted by Crippen LogP contribution is 2.27. The number of anilines is 1. The molecule has 0 unspecified atom stereocenters. The van der Waals surface area contributed by atoms with Crippen LogP contribution in [0.1, 0.15) is 15.9 Å². The molecule has 1 N–H and O–H groups in total. The molecule has 2 aromatic rings. The lowest BCUT2D eigenvalue weighted by molar-refractivity contribution is -0.117. The van der Waals surface area contributed by atoms with E-state index in [0.29, 0.717) is 22.2 Å². The Balaban J connectivity index is 1.63. The molecule has 0 radical (unpaired) electrons. The summed E-state index contributed by atoms with van der Waals surface area (Å²) in [5.74, 6) is -0.493. The van der Waals surface area contributed by atoms with Gasteiger partial charge >= 0.3 is 0 Å². The molecule has 23 heavy (non-hydrogen) atoms. The van der Waals surface area contributed by atoms with Crippen LogP contribution in [-0.4, -0.2) is 24.9 Å². The minimum Gasteiger partial charge on any atom is -0.343 e. The first-order chi connectivity index (χ1) is 11.1. The van der Waals surface area contributed by atoms with E-state index in [4.69, 9.17) is 23.2 Å². The number of para-hydroxylation sites is 1. The maximum Gasteiger partial charge on any atom is 0.251 e. The molecule has 3 rings (SSSR count). The number of hydrogen-bond donors (Lipinski definition) is 1. The average Bonchev–Trinajstić information content (AvgIpc) is 2.99. The van der Waals surface area contributed by atoms with E-state index >= 15 is 0 Å². The molecule has 0 bridgehead atoms. The van der Waals surface area contributed by atoms with E-state index in [1.807, 2.05) is 24.3 Å². The average molecular weight is 349 g/mol. The summed E-state index contributed by atoms with van der Waals surface area (Å²) < 4.78 is 0. The molecule has 6 heteroatoms. The Morgan fingerprint density at radius 1 is 1.09 bits per heavy atom. The summed E-state index contributed by atoms with van der Waals surface area (Å²) in [5, 5.41) is 3.31. The highest BCUT2D eigenvalue weighted by molar-refractivity contribution is 6.42. The molecule has 1 aliphatic rings. The topological polar surface area (TPSA) is 49.4 Å². The smallest absolute Gasteiger partial charge is 0.251 e. The molecule has 1 heterocycles. The number of benzene rings is 2. The number of amides is 2. The summed E-state index contributed by atoms with van der Waals surface area (Å²) >= 11 is 11.7. The highest BCUT2D eigenvalue weighted by Gasteiger charge is 2.24. The van der Waals surface area contributed by atoms with Gasteiger partial charge in [-0.1, -0.05) is 41.4 Å². The van der Waals surface area contributed by atoms with Gasteiger partial charge in [-0.3, -0.25) is 9.59 Å². The lowest BCUT2D eigenvalue weighted by Gasteiger charge is -2.17. The van der Waals surface area contributed by atoms with Gasteiger partial charge in [0.15, 0.2) is 0 Å². The number of fused-ring (bicyclic) bond motifs is 1. The zero-order chi connectivity index (χ0) is 16.4. The number of carbonyl (C=O) groups is 2. The van der Waals surface area contributed by atoms with Crippen molar-refractivity contribution in [2.24, 2.45) is 0 Å². The van der Waals surface area contributed by atoms with Crippen LogP contribution >= 0.6 is 23.2 Å². The highest BCUT2D eigenvalue weighted by atomic mass is 35.5. The van der Waals surface area contributed by atoms with Crippen LogP contribution in [0.4, 0.5) is 5.69 Å². The Hall–Kier alpha value is -2.04. The Labute approximate surface area is 144 Å². The van der Waals surface area contributed by atoms with Crippen LogP contribution in [0.5, 0.6) is 0 Å². The fourth-order valence-electron chi connectivity index (χ4n) is 2.59. The van der Waals surface area contributed by atoms with Gasteiger partial charge in [-0.15, -0.1) is 0 Å². The molecule has 0 atom stereocenters. The van der Waals surface area contributed by atoms with Gasteiger partial charge in [0.2, 0.25) is 5.91 Å². The Kier molecular flexibility index (Phi) is 4.55. The molecule has 0 aromatic heterocycles. The van der Waals surface area contributed by atoms with Crippen molar-refractivity contribution in [2.75, 3.05) is 18.0 Å².